The van der Waals surface area contributed by atoms with E-state index >= 15 is 0 Å². The summed E-state index contributed by atoms with van der Waals surface area (Å²) >= 11 is 0. The van der Waals surface area contributed by atoms with E-state index in [4.69, 9.17) is 9.05 Å². The highest BCUT2D eigenvalue weighted by Gasteiger charge is 2.23. The average Bonchev–Trinajstić information content (AvgIpc) is 3.38. The van der Waals surface area contributed by atoms with Gasteiger partial charge >= 0.3 is 0 Å². The third-order valence-corrected chi connectivity index (χ3v) is 16.0. The lowest BCUT2D eigenvalue weighted by atomic mass is 10.0. The Kier molecular flexibility index (Phi) is 56.9. The summed E-state index contributed by atoms with van der Waals surface area (Å²) in [6.07, 6.45) is 77.9. The van der Waals surface area contributed by atoms with Crippen molar-refractivity contribution in [3.8, 4) is 0 Å². The molecule has 0 saturated carbocycles. The number of rotatable bonds is 61. The van der Waals surface area contributed by atoms with Crippen molar-refractivity contribution in [3.05, 3.63) is 48.6 Å². The molecule has 9 heteroatoms. The maximum atomic E-state index is 13.0. The first-order chi connectivity index (χ1) is 37.0. The van der Waals surface area contributed by atoms with E-state index in [1.807, 2.05) is 27.2 Å². The molecule has 0 fully saturated rings. The number of carbonyl (C=O) groups excluding carboxylic acids is 1. The molecule has 3 atom stereocenters. The minimum absolute atomic E-state index is 0.00319. The molecule has 0 aliphatic rings. The van der Waals surface area contributed by atoms with E-state index in [9.17, 15) is 19.4 Å². The molecule has 8 nitrogen and oxygen atoms in total. The summed E-state index contributed by atoms with van der Waals surface area (Å²) in [5, 5.41) is 13.9. The van der Waals surface area contributed by atoms with Crippen molar-refractivity contribution >= 4 is 13.7 Å². The molecular weight excluding hydrogens is 960 g/mol. The summed E-state index contributed by atoms with van der Waals surface area (Å²) in [5.41, 5.74) is 0. The lowest BCUT2D eigenvalue weighted by Gasteiger charge is -2.29. The van der Waals surface area contributed by atoms with Crippen molar-refractivity contribution in [1.82, 2.24) is 5.32 Å². The van der Waals surface area contributed by atoms with Crippen molar-refractivity contribution < 1.29 is 32.9 Å². The van der Waals surface area contributed by atoms with Gasteiger partial charge in [0.2, 0.25) is 5.91 Å². The first kappa shape index (κ1) is 74.5. The SMILES string of the molecule is CCCCCCC/C=C\C/C=C\C/C=C\CCCCCCCCCCC(=O)NC(COP(=O)([O-])OCC[N+](C)(C)C)C(O)/C=C/CCCCCCCCCCCCCCCCCCCCCCCCCCCCCCC. The number of hydrogen-bond donors (Lipinski definition) is 2. The van der Waals surface area contributed by atoms with E-state index in [1.165, 1.54) is 244 Å². The van der Waals surface area contributed by atoms with Gasteiger partial charge in [0.05, 0.1) is 39.9 Å². The van der Waals surface area contributed by atoms with Crippen LogP contribution in [-0.4, -0.2) is 68.5 Å². The Bertz CT molecular complexity index is 1380. The molecule has 0 aliphatic heterocycles. The van der Waals surface area contributed by atoms with Crippen LogP contribution >= 0.6 is 7.82 Å². The normalized spacial score (nSPS) is 14.0. The number of amides is 1. The van der Waals surface area contributed by atoms with E-state index in [0.717, 1.165) is 57.8 Å². The van der Waals surface area contributed by atoms with Crippen molar-refractivity contribution in [2.24, 2.45) is 0 Å². The van der Waals surface area contributed by atoms with Gasteiger partial charge in [-0.15, -0.1) is 0 Å². The average molecular weight is 1090 g/mol. The zero-order chi connectivity index (χ0) is 55.6. The largest absolute Gasteiger partial charge is 0.756 e. The van der Waals surface area contributed by atoms with Crippen molar-refractivity contribution in [2.45, 2.75) is 334 Å². The lowest BCUT2D eigenvalue weighted by molar-refractivity contribution is -0.870. The van der Waals surface area contributed by atoms with Crippen LogP contribution in [0.4, 0.5) is 0 Å². The fourth-order valence-corrected chi connectivity index (χ4v) is 10.6. The van der Waals surface area contributed by atoms with Gasteiger partial charge in [0.25, 0.3) is 7.82 Å². The second-order valence-electron chi connectivity index (χ2n) is 23.8. The number of nitrogens with zero attached hydrogens (tertiary/aromatic N) is 1. The number of carbonyl (C=O) groups is 1. The molecule has 1 amide bonds. The summed E-state index contributed by atoms with van der Waals surface area (Å²) in [4.78, 5) is 25.6. The van der Waals surface area contributed by atoms with E-state index in [2.05, 4.69) is 55.6 Å². The van der Waals surface area contributed by atoms with Gasteiger partial charge in [-0.1, -0.05) is 306 Å². The summed E-state index contributed by atoms with van der Waals surface area (Å²) in [6, 6.07) is -0.894. The Morgan fingerprint density at radius 1 is 0.461 bits per heavy atom. The highest BCUT2D eigenvalue weighted by Crippen LogP contribution is 2.38. The molecule has 0 saturated heterocycles. The maximum absolute atomic E-state index is 13.0. The van der Waals surface area contributed by atoms with Crippen LogP contribution in [0.1, 0.15) is 322 Å². The summed E-state index contributed by atoms with van der Waals surface area (Å²) < 4.78 is 23.4. The Labute approximate surface area is 473 Å². The lowest BCUT2D eigenvalue weighted by Crippen LogP contribution is -2.45. The minimum Gasteiger partial charge on any atom is -0.756 e. The summed E-state index contributed by atoms with van der Waals surface area (Å²) in [7, 11) is 1.26. The molecule has 0 radical (unpaired) electrons. The molecular formula is C67H129N2O6P. The predicted octanol–water partition coefficient (Wildman–Crippen LogP) is 20.0. The Morgan fingerprint density at radius 2 is 0.763 bits per heavy atom. The molecule has 448 valence electrons. The number of nitrogens with one attached hydrogen (secondary N) is 1. The number of hydrogen-bond acceptors (Lipinski definition) is 6. The van der Waals surface area contributed by atoms with Crippen LogP contribution in [0.2, 0.25) is 0 Å². The van der Waals surface area contributed by atoms with Gasteiger partial charge in [0, 0.05) is 6.42 Å². The van der Waals surface area contributed by atoms with Crippen LogP contribution in [0.3, 0.4) is 0 Å². The van der Waals surface area contributed by atoms with Crippen LogP contribution in [0, 0.1) is 0 Å². The molecule has 76 heavy (non-hydrogen) atoms. The van der Waals surface area contributed by atoms with Gasteiger partial charge in [-0.25, -0.2) is 0 Å². The van der Waals surface area contributed by atoms with Gasteiger partial charge in [-0.3, -0.25) is 9.36 Å². The zero-order valence-corrected chi connectivity index (χ0v) is 52.1. The van der Waals surface area contributed by atoms with E-state index in [1.54, 1.807) is 6.08 Å². The number of aliphatic hydroxyl groups excluding tert-OH is 1. The maximum Gasteiger partial charge on any atom is 0.268 e. The minimum atomic E-state index is -4.61. The van der Waals surface area contributed by atoms with Crippen LogP contribution in [-0.2, 0) is 18.4 Å². The van der Waals surface area contributed by atoms with E-state index in [0.29, 0.717) is 17.4 Å². The highest BCUT2D eigenvalue weighted by molar-refractivity contribution is 7.45. The number of unbranched alkanes of at least 4 members (excludes halogenated alkanes) is 42. The fraction of sp³-hybridized carbons (Fsp3) is 0.866. The molecule has 3 unspecified atom stereocenters. The second kappa shape index (κ2) is 58.1. The van der Waals surface area contributed by atoms with Crippen LogP contribution in [0.5, 0.6) is 0 Å². The van der Waals surface area contributed by atoms with E-state index in [-0.39, 0.29) is 19.1 Å². The second-order valence-corrected chi connectivity index (χ2v) is 25.2. The predicted molar refractivity (Wildman–Crippen MR) is 330 cm³/mol. The van der Waals surface area contributed by atoms with Crippen molar-refractivity contribution in [1.29, 1.82) is 0 Å². The number of allylic oxidation sites excluding steroid dienone is 7. The quantitative estimate of drug-likeness (QED) is 0.0272. The van der Waals surface area contributed by atoms with Crippen molar-refractivity contribution in [2.75, 3.05) is 40.9 Å². The molecule has 0 heterocycles. The van der Waals surface area contributed by atoms with Crippen LogP contribution in [0.25, 0.3) is 0 Å². The standard InChI is InChI=1S/C67H129N2O6P/c1-6-8-10-12-14-16-18-20-22-24-26-28-30-31-32-33-34-35-36-37-39-40-42-44-46-48-50-52-54-56-58-60-66(70)65(64-75-76(72,73)74-63-62-69(3,4)5)68-67(71)61-59-57-55-53-51-49-47-45-43-41-38-29-27-25-23-21-19-17-15-13-11-9-7-2/h19,21,25,27,38,41,58,60,65-66,70H,6-18,20,22-24,26,28-37,39-40,42-57,59,61-64H2,1-5H3,(H-,68,71,72,73)/b21-19-,27-25-,41-38-,60-58+. The smallest absolute Gasteiger partial charge is 0.268 e. The molecule has 2 N–H and O–H groups in total. The summed E-state index contributed by atoms with van der Waals surface area (Å²) in [5.74, 6) is -0.201. The number of phosphoric ester groups is 1. The van der Waals surface area contributed by atoms with Gasteiger partial charge < -0.3 is 28.8 Å². The van der Waals surface area contributed by atoms with Gasteiger partial charge in [0.15, 0.2) is 0 Å². The number of aliphatic hydroxyl groups is 1. The van der Waals surface area contributed by atoms with Crippen molar-refractivity contribution in [3.63, 3.8) is 0 Å². The fourth-order valence-electron chi connectivity index (χ4n) is 9.87. The third kappa shape index (κ3) is 60.1. The molecule has 0 aromatic carbocycles. The topological polar surface area (TPSA) is 108 Å². The monoisotopic (exact) mass is 1090 g/mol. The highest BCUT2D eigenvalue weighted by atomic mass is 31.2. The molecule has 0 aromatic rings. The number of quaternary nitrogens is 1. The molecule has 0 aliphatic carbocycles. The summed E-state index contributed by atoms with van der Waals surface area (Å²) in [6.45, 7) is 4.67. The molecule has 0 spiro atoms. The van der Waals surface area contributed by atoms with Crippen LogP contribution in [0.15, 0.2) is 48.6 Å². The number of phosphoric acid groups is 1. The van der Waals surface area contributed by atoms with Crippen LogP contribution < -0.4 is 10.2 Å². The number of likely N-dealkylation sites (N-methyl/N-ethyl adjacent to an activating group) is 1. The third-order valence-electron chi connectivity index (χ3n) is 15.0. The molecule has 0 bridgehead atoms. The molecule has 0 rings (SSSR count). The Morgan fingerprint density at radius 3 is 1.11 bits per heavy atom. The first-order valence-electron chi connectivity index (χ1n) is 33.0. The first-order valence-corrected chi connectivity index (χ1v) is 34.5. The Balaban J connectivity index is 4.11. The molecule has 0 aromatic heterocycles. The zero-order valence-electron chi connectivity index (χ0n) is 51.2. The Hall–Kier alpha value is -1.54. The van der Waals surface area contributed by atoms with Gasteiger partial charge in [0.1, 0.15) is 13.2 Å². The van der Waals surface area contributed by atoms with Gasteiger partial charge in [-0.2, -0.15) is 0 Å². The van der Waals surface area contributed by atoms with E-state index < -0.39 is 20.0 Å². The van der Waals surface area contributed by atoms with Gasteiger partial charge in [-0.05, 0) is 57.8 Å².